The van der Waals surface area contributed by atoms with E-state index in [1.54, 1.807) is 18.6 Å². The summed E-state index contributed by atoms with van der Waals surface area (Å²) in [5.41, 5.74) is 0.927. The molecule has 22 heavy (non-hydrogen) atoms. The quantitative estimate of drug-likeness (QED) is 0.573. The Kier molecular flexibility index (Phi) is 3.29. The zero-order chi connectivity index (χ0) is 14.8. The molecule has 4 aromatic rings. The van der Waals surface area contributed by atoms with Crippen molar-refractivity contribution in [2.45, 2.75) is 10.2 Å². The van der Waals surface area contributed by atoms with E-state index in [1.807, 2.05) is 30.3 Å². The molecule has 0 radical (unpaired) electrons. The van der Waals surface area contributed by atoms with Gasteiger partial charge in [-0.25, -0.2) is 4.98 Å². The number of nitrogens with zero attached hydrogens (tertiary/aromatic N) is 4. The molecular weight excluding hydrogens is 296 g/mol. The first-order valence-electron chi connectivity index (χ1n) is 6.66. The molecular formula is C16H10N4OS. The predicted octanol–water partition coefficient (Wildman–Crippen LogP) is 3.83. The van der Waals surface area contributed by atoms with Crippen molar-refractivity contribution in [2.75, 3.05) is 0 Å². The maximum atomic E-state index is 5.75. The van der Waals surface area contributed by atoms with Gasteiger partial charge in [-0.05, 0) is 28.6 Å². The molecule has 2 aromatic heterocycles. The second kappa shape index (κ2) is 5.57. The minimum atomic E-state index is 0.448. The zero-order valence-corrected chi connectivity index (χ0v) is 12.2. The van der Waals surface area contributed by atoms with E-state index in [9.17, 15) is 0 Å². The first kappa shape index (κ1) is 13.0. The van der Waals surface area contributed by atoms with Crippen LogP contribution in [0.3, 0.4) is 0 Å². The van der Waals surface area contributed by atoms with Gasteiger partial charge in [0.25, 0.3) is 5.22 Å². The summed E-state index contributed by atoms with van der Waals surface area (Å²) >= 11 is 1.29. The van der Waals surface area contributed by atoms with Crippen LogP contribution in [0.25, 0.3) is 22.2 Å². The molecule has 2 heterocycles. The second-order valence-corrected chi connectivity index (χ2v) is 5.52. The van der Waals surface area contributed by atoms with Crippen LogP contribution in [0.4, 0.5) is 0 Å². The summed E-state index contributed by atoms with van der Waals surface area (Å²) < 4.78 is 5.75. The summed E-state index contributed by atoms with van der Waals surface area (Å²) in [5.74, 6) is 0.503. The Hall–Kier alpha value is -2.73. The van der Waals surface area contributed by atoms with Crippen molar-refractivity contribution < 1.29 is 4.42 Å². The molecule has 0 aliphatic carbocycles. The van der Waals surface area contributed by atoms with Gasteiger partial charge in [-0.2, -0.15) is 0 Å². The number of hydrogen-bond donors (Lipinski definition) is 0. The molecule has 0 unspecified atom stereocenters. The van der Waals surface area contributed by atoms with Crippen LogP contribution in [0.5, 0.6) is 0 Å². The minimum absolute atomic E-state index is 0.448. The summed E-state index contributed by atoms with van der Waals surface area (Å²) in [6.07, 6.45) is 4.91. The van der Waals surface area contributed by atoms with Crippen molar-refractivity contribution in [3.8, 4) is 11.5 Å². The lowest BCUT2D eigenvalue weighted by Crippen LogP contribution is -1.81. The molecule has 0 saturated heterocycles. The molecule has 4 rings (SSSR count). The van der Waals surface area contributed by atoms with Crippen molar-refractivity contribution in [3.63, 3.8) is 0 Å². The summed E-state index contributed by atoms with van der Waals surface area (Å²) in [6, 6.07) is 14.1. The Bertz CT molecular complexity index is 918. The van der Waals surface area contributed by atoms with Crippen LogP contribution in [0, 0.1) is 0 Å². The first-order chi connectivity index (χ1) is 10.9. The average Bonchev–Trinajstić information content (AvgIpc) is 3.03. The van der Waals surface area contributed by atoms with E-state index in [0.29, 0.717) is 11.1 Å². The monoisotopic (exact) mass is 306 g/mol. The highest BCUT2D eigenvalue weighted by Crippen LogP contribution is 2.31. The molecule has 0 atom stereocenters. The molecule has 2 aromatic carbocycles. The third-order valence-electron chi connectivity index (χ3n) is 3.16. The molecule has 0 fully saturated rings. The fourth-order valence-electron chi connectivity index (χ4n) is 2.20. The summed E-state index contributed by atoms with van der Waals surface area (Å²) in [6.45, 7) is 0. The van der Waals surface area contributed by atoms with Crippen LogP contribution < -0.4 is 0 Å². The largest absolute Gasteiger partial charge is 0.411 e. The second-order valence-electron chi connectivity index (χ2n) is 4.55. The lowest BCUT2D eigenvalue weighted by Gasteiger charge is -2.01. The lowest BCUT2D eigenvalue weighted by molar-refractivity contribution is 0.466. The van der Waals surface area contributed by atoms with E-state index in [0.717, 1.165) is 21.4 Å². The van der Waals surface area contributed by atoms with Crippen molar-refractivity contribution in [1.29, 1.82) is 0 Å². The summed E-state index contributed by atoms with van der Waals surface area (Å²) in [4.78, 5) is 8.19. The third kappa shape index (κ3) is 2.44. The normalized spacial score (nSPS) is 10.9. The van der Waals surface area contributed by atoms with Gasteiger partial charge in [-0.1, -0.05) is 36.4 Å². The molecule has 0 spiro atoms. The molecule has 106 valence electrons. The molecule has 0 amide bonds. The Morgan fingerprint density at radius 3 is 2.73 bits per heavy atom. The Labute approximate surface area is 130 Å². The van der Waals surface area contributed by atoms with Gasteiger partial charge in [0.1, 0.15) is 5.03 Å². The Morgan fingerprint density at radius 2 is 1.82 bits per heavy atom. The smallest absolute Gasteiger partial charge is 0.283 e. The van der Waals surface area contributed by atoms with Gasteiger partial charge < -0.3 is 4.42 Å². The maximum absolute atomic E-state index is 5.75. The van der Waals surface area contributed by atoms with Gasteiger partial charge in [-0.3, -0.25) is 4.98 Å². The van der Waals surface area contributed by atoms with Gasteiger partial charge >= 0.3 is 0 Å². The van der Waals surface area contributed by atoms with Crippen LogP contribution >= 0.6 is 11.8 Å². The van der Waals surface area contributed by atoms with Crippen LogP contribution in [0.15, 0.2) is 75.7 Å². The van der Waals surface area contributed by atoms with Crippen molar-refractivity contribution >= 4 is 22.5 Å². The molecule has 6 heteroatoms. The zero-order valence-electron chi connectivity index (χ0n) is 11.4. The summed E-state index contributed by atoms with van der Waals surface area (Å²) in [7, 11) is 0. The standard InChI is InChI=1S/C16H10N4OS/c1-2-6-12-11(4-1)5-3-7-13(12)15-19-20-16(21-15)22-14-10-17-8-9-18-14/h1-10H. The number of fused-ring (bicyclic) bond motifs is 1. The number of rotatable bonds is 3. The topological polar surface area (TPSA) is 64.7 Å². The van der Waals surface area contributed by atoms with Gasteiger partial charge in [0.15, 0.2) is 0 Å². The average molecular weight is 306 g/mol. The maximum Gasteiger partial charge on any atom is 0.283 e. The van der Waals surface area contributed by atoms with E-state index in [2.05, 4.69) is 32.3 Å². The summed E-state index contributed by atoms with van der Waals surface area (Å²) in [5, 5.41) is 11.6. The van der Waals surface area contributed by atoms with Crippen molar-refractivity contribution in [2.24, 2.45) is 0 Å². The highest BCUT2D eigenvalue weighted by molar-refractivity contribution is 7.99. The molecule has 0 bridgehead atoms. The highest BCUT2D eigenvalue weighted by Gasteiger charge is 2.12. The van der Waals surface area contributed by atoms with E-state index in [1.165, 1.54) is 11.8 Å². The van der Waals surface area contributed by atoms with E-state index in [-0.39, 0.29) is 0 Å². The Balaban J connectivity index is 1.71. The molecule has 0 aliphatic rings. The van der Waals surface area contributed by atoms with Crippen LogP contribution in [-0.4, -0.2) is 20.2 Å². The van der Waals surface area contributed by atoms with Gasteiger partial charge in [0.05, 0.1) is 6.20 Å². The SMILES string of the molecule is c1ccc2c(-c3nnc(Sc4cnccn4)o3)cccc2c1. The van der Waals surface area contributed by atoms with Crippen molar-refractivity contribution in [3.05, 3.63) is 61.1 Å². The minimum Gasteiger partial charge on any atom is -0.411 e. The van der Waals surface area contributed by atoms with Crippen LogP contribution in [0.2, 0.25) is 0 Å². The Morgan fingerprint density at radius 1 is 0.909 bits per heavy atom. The van der Waals surface area contributed by atoms with Gasteiger partial charge in [0.2, 0.25) is 5.89 Å². The molecule has 5 nitrogen and oxygen atoms in total. The predicted molar refractivity (Wildman–Crippen MR) is 83.4 cm³/mol. The first-order valence-corrected chi connectivity index (χ1v) is 7.47. The van der Waals surface area contributed by atoms with Crippen molar-refractivity contribution in [1.82, 2.24) is 20.2 Å². The molecule has 0 aliphatic heterocycles. The van der Waals surface area contributed by atoms with Crippen LogP contribution in [-0.2, 0) is 0 Å². The third-order valence-corrected chi connectivity index (χ3v) is 3.92. The van der Waals surface area contributed by atoms with Gasteiger partial charge in [-0.15, -0.1) is 10.2 Å². The lowest BCUT2D eigenvalue weighted by atomic mass is 10.0. The fraction of sp³-hybridized carbons (Fsp3) is 0. The van der Waals surface area contributed by atoms with E-state index >= 15 is 0 Å². The van der Waals surface area contributed by atoms with Gasteiger partial charge in [0, 0.05) is 18.0 Å². The van der Waals surface area contributed by atoms with Crippen LogP contribution in [0.1, 0.15) is 0 Å². The number of hydrogen-bond acceptors (Lipinski definition) is 6. The molecule has 0 N–H and O–H groups in total. The molecule has 0 saturated carbocycles. The number of benzene rings is 2. The van der Waals surface area contributed by atoms with E-state index < -0.39 is 0 Å². The van der Waals surface area contributed by atoms with E-state index in [4.69, 9.17) is 4.42 Å². The number of aromatic nitrogens is 4. The fourth-order valence-corrected chi connectivity index (χ4v) is 2.81. The highest BCUT2D eigenvalue weighted by atomic mass is 32.2.